The predicted molar refractivity (Wildman–Crippen MR) is 148 cm³/mol. The molecule has 1 aliphatic rings. The van der Waals surface area contributed by atoms with Gasteiger partial charge < -0.3 is 31.6 Å². The van der Waals surface area contributed by atoms with Crippen molar-refractivity contribution < 1.29 is 9.59 Å². The number of rotatable bonds is 9. The molecule has 1 aliphatic carbocycles. The summed E-state index contributed by atoms with van der Waals surface area (Å²) >= 11 is 0. The van der Waals surface area contributed by atoms with Gasteiger partial charge in [-0.05, 0) is 49.4 Å². The highest BCUT2D eigenvalue weighted by Crippen LogP contribution is 2.30. The van der Waals surface area contributed by atoms with Crippen molar-refractivity contribution in [1.82, 2.24) is 15.6 Å². The number of fused-ring (bicyclic) bond motifs is 1. The van der Waals surface area contributed by atoms with Crippen LogP contribution < -0.4 is 26.6 Å². The van der Waals surface area contributed by atoms with E-state index in [1.54, 1.807) is 21.0 Å². The Morgan fingerprint density at radius 2 is 1.67 bits per heavy atom. The average Bonchev–Trinajstić information content (AvgIpc) is 3.30. The van der Waals surface area contributed by atoms with Gasteiger partial charge in [0.2, 0.25) is 5.91 Å². The van der Waals surface area contributed by atoms with Crippen LogP contribution >= 0.6 is 0 Å². The van der Waals surface area contributed by atoms with Gasteiger partial charge in [-0.25, -0.2) is 4.79 Å². The molecule has 1 saturated carbocycles. The molecule has 1 unspecified atom stereocenters. The molecule has 3 amide bonds. The van der Waals surface area contributed by atoms with Crippen molar-refractivity contribution in [3.05, 3.63) is 54.2 Å². The lowest BCUT2D eigenvalue weighted by Crippen LogP contribution is -2.59. The minimum absolute atomic E-state index is 0.177. The number of aromatic amines is 1. The van der Waals surface area contributed by atoms with Gasteiger partial charge in [0.1, 0.15) is 5.54 Å². The molecule has 1 aromatic heterocycles. The Morgan fingerprint density at radius 3 is 2.36 bits per heavy atom. The number of para-hydroxylation sites is 2. The van der Waals surface area contributed by atoms with Gasteiger partial charge in [-0.3, -0.25) is 4.79 Å². The van der Waals surface area contributed by atoms with Crippen LogP contribution in [0, 0.1) is 5.92 Å². The van der Waals surface area contributed by atoms with Crippen LogP contribution in [0.5, 0.6) is 0 Å². The molecular weight excluding hydrogens is 452 g/mol. The SMILES string of the molecule is CNc1cccc(NC)c1NC(=O)NC(C)(Cc1c[nH]c2ccccc12)C(=O)NCC1CCCCC1. The third-order valence-corrected chi connectivity index (χ3v) is 7.23. The molecule has 3 aromatic rings. The summed E-state index contributed by atoms with van der Waals surface area (Å²) in [5.41, 5.74) is 3.00. The Balaban J connectivity index is 1.56. The first kappa shape index (κ1) is 25.4. The lowest BCUT2D eigenvalue weighted by Gasteiger charge is -2.31. The summed E-state index contributed by atoms with van der Waals surface area (Å²) in [6, 6.07) is 13.2. The summed E-state index contributed by atoms with van der Waals surface area (Å²) in [6.45, 7) is 2.44. The molecular formula is C28H38N6O2. The molecule has 8 heteroatoms. The lowest BCUT2D eigenvalue weighted by molar-refractivity contribution is -0.126. The average molecular weight is 491 g/mol. The summed E-state index contributed by atoms with van der Waals surface area (Å²) in [6.07, 6.45) is 8.26. The first-order valence-electron chi connectivity index (χ1n) is 12.8. The van der Waals surface area contributed by atoms with E-state index in [1.165, 1.54) is 19.3 Å². The van der Waals surface area contributed by atoms with Crippen LogP contribution in [0.4, 0.5) is 21.9 Å². The van der Waals surface area contributed by atoms with Gasteiger partial charge in [0, 0.05) is 44.2 Å². The maximum atomic E-state index is 13.6. The smallest absolute Gasteiger partial charge is 0.320 e. The van der Waals surface area contributed by atoms with E-state index in [1.807, 2.05) is 48.7 Å². The van der Waals surface area contributed by atoms with Crippen molar-refractivity contribution in [2.24, 2.45) is 5.92 Å². The number of hydrogen-bond acceptors (Lipinski definition) is 4. The number of nitrogens with one attached hydrogen (secondary N) is 6. The molecule has 1 heterocycles. The van der Waals surface area contributed by atoms with Crippen LogP contribution in [0.2, 0.25) is 0 Å². The van der Waals surface area contributed by atoms with Gasteiger partial charge in [-0.15, -0.1) is 0 Å². The van der Waals surface area contributed by atoms with Crippen LogP contribution in [-0.2, 0) is 11.2 Å². The number of hydrogen-bond donors (Lipinski definition) is 6. The van der Waals surface area contributed by atoms with Gasteiger partial charge >= 0.3 is 6.03 Å². The summed E-state index contributed by atoms with van der Waals surface area (Å²) < 4.78 is 0. The second-order valence-electron chi connectivity index (χ2n) is 9.89. The minimum Gasteiger partial charge on any atom is -0.386 e. The Bertz CT molecular complexity index is 1180. The Hall–Kier alpha value is -3.68. The van der Waals surface area contributed by atoms with E-state index in [2.05, 4.69) is 31.6 Å². The zero-order valence-electron chi connectivity index (χ0n) is 21.5. The monoisotopic (exact) mass is 490 g/mol. The van der Waals surface area contributed by atoms with Crippen LogP contribution in [0.3, 0.4) is 0 Å². The highest BCUT2D eigenvalue weighted by Gasteiger charge is 2.36. The minimum atomic E-state index is -1.15. The fourth-order valence-corrected chi connectivity index (χ4v) is 5.16. The highest BCUT2D eigenvalue weighted by atomic mass is 16.2. The van der Waals surface area contributed by atoms with Gasteiger partial charge in [0.15, 0.2) is 0 Å². The van der Waals surface area contributed by atoms with E-state index in [-0.39, 0.29) is 5.91 Å². The van der Waals surface area contributed by atoms with Crippen molar-refractivity contribution >= 4 is 39.9 Å². The maximum Gasteiger partial charge on any atom is 0.320 e. The largest absolute Gasteiger partial charge is 0.386 e. The topological polar surface area (TPSA) is 110 Å². The molecule has 1 fully saturated rings. The first-order chi connectivity index (χ1) is 17.4. The number of H-pyrrole nitrogens is 1. The summed E-state index contributed by atoms with van der Waals surface area (Å²) in [5, 5.41) is 16.4. The zero-order chi connectivity index (χ0) is 25.5. The zero-order valence-corrected chi connectivity index (χ0v) is 21.5. The third-order valence-electron chi connectivity index (χ3n) is 7.23. The third kappa shape index (κ3) is 5.75. The lowest BCUT2D eigenvalue weighted by atomic mass is 9.88. The van der Waals surface area contributed by atoms with Gasteiger partial charge in [-0.1, -0.05) is 43.5 Å². The predicted octanol–water partition coefficient (Wildman–Crippen LogP) is 5.07. The molecule has 0 spiro atoms. The number of urea groups is 1. The fourth-order valence-electron chi connectivity index (χ4n) is 5.16. The maximum absolute atomic E-state index is 13.6. The van der Waals surface area contributed by atoms with Crippen molar-refractivity contribution in [1.29, 1.82) is 0 Å². The number of aromatic nitrogens is 1. The number of carbonyl (C=O) groups excluding carboxylic acids is 2. The van der Waals surface area contributed by atoms with E-state index >= 15 is 0 Å². The second-order valence-corrected chi connectivity index (χ2v) is 9.89. The van der Waals surface area contributed by atoms with Gasteiger partial charge in [0.25, 0.3) is 0 Å². The molecule has 0 saturated heterocycles. The molecule has 8 nitrogen and oxygen atoms in total. The first-order valence-corrected chi connectivity index (χ1v) is 12.8. The second kappa shape index (κ2) is 11.4. The van der Waals surface area contributed by atoms with Gasteiger partial charge in [-0.2, -0.15) is 0 Å². The van der Waals surface area contributed by atoms with E-state index in [0.717, 1.165) is 40.7 Å². The van der Waals surface area contributed by atoms with Crippen LogP contribution in [0.15, 0.2) is 48.7 Å². The van der Waals surface area contributed by atoms with Crippen LogP contribution in [-0.4, -0.2) is 43.1 Å². The standard InChI is InChI=1S/C28H38N6O2/c1-28(26(35)32-17-19-10-5-4-6-11-19,16-20-18-31-22-13-8-7-12-21(20)22)34-27(36)33-25-23(29-2)14-9-15-24(25)30-3/h7-9,12-15,18-19,29-31H,4-6,10-11,16-17H2,1-3H3,(H,32,35)(H2,33,34,36). The molecule has 0 bridgehead atoms. The summed E-state index contributed by atoms with van der Waals surface area (Å²) in [7, 11) is 3.61. The Labute approximate surface area is 213 Å². The number of benzene rings is 2. The van der Waals surface area contributed by atoms with E-state index in [4.69, 9.17) is 0 Å². The van der Waals surface area contributed by atoms with Crippen molar-refractivity contribution in [2.45, 2.75) is 51.0 Å². The van der Waals surface area contributed by atoms with Gasteiger partial charge in [0.05, 0.1) is 17.1 Å². The molecule has 4 rings (SSSR count). The quantitative estimate of drug-likeness (QED) is 0.252. The van der Waals surface area contributed by atoms with Crippen molar-refractivity contribution in [3.63, 3.8) is 0 Å². The van der Waals surface area contributed by atoms with E-state index in [0.29, 0.717) is 24.6 Å². The molecule has 0 radical (unpaired) electrons. The Kier molecular flexibility index (Phi) is 8.03. The molecule has 36 heavy (non-hydrogen) atoms. The fraction of sp³-hybridized carbons (Fsp3) is 0.429. The van der Waals surface area contributed by atoms with E-state index in [9.17, 15) is 9.59 Å². The molecule has 192 valence electrons. The molecule has 6 N–H and O–H groups in total. The van der Waals surface area contributed by atoms with Crippen molar-refractivity contribution in [3.8, 4) is 0 Å². The number of amides is 3. The summed E-state index contributed by atoms with van der Waals surface area (Å²) in [5.74, 6) is 0.318. The number of anilines is 3. The van der Waals surface area contributed by atoms with Crippen molar-refractivity contribution in [2.75, 3.05) is 36.6 Å². The number of carbonyl (C=O) groups is 2. The normalized spacial score (nSPS) is 15.6. The highest BCUT2D eigenvalue weighted by molar-refractivity contribution is 6.01. The molecule has 1 atom stereocenters. The Morgan fingerprint density at radius 1 is 0.972 bits per heavy atom. The summed E-state index contributed by atoms with van der Waals surface area (Å²) in [4.78, 5) is 30.2. The van der Waals surface area contributed by atoms with Crippen LogP contribution in [0.25, 0.3) is 10.9 Å². The molecule has 0 aliphatic heterocycles. The van der Waals surface area contributed by atoms with Crippen LogP contribution in [0.1, 0.15) is 44.6 Å². The molecule has 2 aromatic carbocycles. The van der Waals surface area contributed by atoms with E-state index < -0.39 is 11.6 Å².